The van der Waals surface area contributed by atoms with Gasteiger partial charge in [0.1, 0.15) is 23.9 Å². The Morgan fingerprint density at radius 3 is 2.32 bits per heavy atom. The van der Waals surface area contributed by atoms with Gasteiger partial charge < -0.3 is 24.0 Å². The molecule has 1 heterocycles. The molecule has 0 N–H and O–H groups in total. The van der Waals surface area contributed by atoms with E-state index in [1.807, 2.05) is 30.0 Å². The van der Waals surface area contributed by atoms with E-state index < -0.39 is 11.7 Å². The maximum atomic E-state index is 13.3. The molecular weight excluding hydrogens is 485 g/mol. The van der Waals surface area contributed by atoms with Gasteiger partial charge >= 0.3 is 6.18 Å². The maximum Gasteiger partial charge on any atom is 0.416 e. The molecule has 6 nitrogen and oxygen atoms in total. The first kappa shape index (κ1) is 26.2. The molecule has 196 valence electrons. The first-order chi connectivity index (χ1) is 17.8. The Labute approximate surface area is 214 Å². The van der Waals surface area contributed by atoms with E-state index in [2.05, 4.69) is 0 Å². The third-order valence-corrected chi connectivity index (χ3v) is 6.15. The van der Waals surface area contributed by atoms with Gasteiger partial charge in [0, 0.05) is 49.1 Å². The minimum atomic E-state index is -4.39. The van der Waals surface area contributed by atoms with Gasteiger partial charge in [0.2, 0.25) is 0 Å². The Hall–Kier alpha value is -3.88. The monoisotopic (exact) mass is 514 g/mol. The summed E-state index contributed by atoms with van der Waals surface area (Å²) in [6.45, 7) is 4.24. The second-order valence-electron chi connectivity index (χ2n) is 8.55. The van der Waals surface area contributed by atoms with Gasteiger partial charge in [-0.3, -0.25) is 4.79 Å². The van der Waals surface area contributed by atoms with Crippen LogP contribution >= 0.6 is 0 Å². The van der Waals surface area contributed by atoms with E-state index in [-0.39, 0.29) is 12.5 Å². The second kappa shape index (κ2) is 11.5. The van der Waals surface area contributed by atoms with Crippen molar-refractivity contribution in [3.63, 3.8) is 0 Å². The first-order valence-corrected chi connectivity index (χ1v) is 12.0. The molecule has 0 aliphatic carbocycles. The van der Waals surface area contributed by atoms with Gasteiger partial charge in [-0.1, -0.05) is 12.1 Å². The van der Waals surface area contributed by atoms with Crippen LogP contribution in [-0.2, 0) is 12.8 Å². The number of benzene rings is 3. The van der Waals surface area contributed by atoms with Crippen molar-refractivity contribution in [2.75, 3.05) is 44.8 Å². The highest BCUT2D eigenvalue weighted by atomic mass is 19.4. The molecule has 4 rings (SSSR count). The molecule has 37 heavy (non-hydrogen) atoms. The highest BCUT2D eigenvalue weighted by molar-refractivity contribution is 5.94. The fourth-order valence-electron chi connectivity index (χ4n) is 4.20. The molecule has 3 aromatic rings. The van der Waals surface area contributed by atoms with Crippen molar-refractivity contribution in [2.45, 2.75) is 19.7 Å². The Morgan fingerprint density at radius 1 is 0.892 bits per heavy atom. The Balaban J connectivity index is 1.43. The molecule has 0 atom stereocenters. The van der Waals surface area contributed by atoms with E-state index in [9.17, 15) is 18.0 Å². The number of hydrogen-bond acceptors (Lipinski definition) is 5. The van der Waals surface area contributed by atoms with Crippen molar-refractivity contribution in [3.8, 4) is 17.2 Å². The maximum absolute atomic E-state index is 13.3. The molecule has 1 saturated heterocycles. The van der Waals surface area contributed by atoms with Crippen molar-refractivity contribution < 1.29 is 32.2 Å². The minimum absolute atomic E-state index is 0.144. The number of ether oxygens (including phenoxy) is 3. The summed E-state index contributed by atoms with van der Waals surface area (Å²) in [6.07, 6.45) is -4.39. The van der Waals surface area contributed by atoms with Gasteiger partial charge in [0.05, 0.1) is 19.3 Å². The number of nitrogens with zero attached hydrogens (tertiary/aromatic N) is 2. The number of alkyl halides is 3. The Kier molecular flexibility index (Phi) is 8.11. The lowest BCUT2D eigenvalue weighted by atomic mass is 10.1. The summed E-state index contributed by atoms with van der Waals surface area (Å²) in [6, 6.07) is 17.8. The fraction of sp³-hybridized carbons (Fsp3) is 0.321. The van der Waals surface area contributed by atoms with Crippen molar-refractivity contribution >= 4 is 11.6 Å². The number of carbonyl (C=O) groups excluding carboxylic acids is 1. The summed E-state index contributed by atoms with van der Waals surface area (Å²) >= 11 is 0. The van der Waals surface area contributed by atoms with Gasteiger partial charge in [-0.25, -0.2) is 0 Å². The molecule has 1 amide bonds. The molecule has 9 heteroatoms. The number of halogens is 3. The second-order valence-corrected chi connectivity index (χ2v) is 8.55. The zero-order valence-corrected chi connectivity index (χ0v) is 20.8. The van der Waals surface area contributed by atoms with E-state index in [1.54, 1.807) is 42.3 Å². The highest BCUT2D eigenvalue weighted by Crippen LogP contribution is 2.32. The van der Waals surface area contributed by atoms with Crippen LogP contribution in [0.2, 0.25) is 0 Å². The number of rotatable bonds is 8. The molecule has 1 aliphatic heterocycles. The number of anilines is 1. The summed E-state index contributed by atoms with van der Waals surface area (Å²) in [7, 11) is 1.58. The largest absolute Gasteiger partial charge is 0.497 e. The SMILES string of the molecule is CCOc1ccc(C(=O)N2CCN(c3cccc(C(F)(F)F)c3)CC2)cc1COc1cccc(OC)c1. The predicted octanol–water partition coefficient (Wildman–Crippen LogP) is 5.65. The molecule has 1 aliphatic rings. The third-order valence-electron chi connectivity index (χ3n) is 6.15. The van der Waals surface area contributed by atoms with Crippen LogP contribution in [0.15, 0.2) is 66.7 Å². The fourth-order valence-corrected chi connectivity index (χ4v) is 4.20. The normalized spacial score (nSPS) is 13.9. The Bertz CT molecular complexity index is 1220. The standard InChI is InChI=1S/C28H29F3N2O4/c1-3-36-26-11-10-20(16-21(26)19-37-25-9-5-8-24(18-25)35-2)27(34)33-14-12-32(13-15-33)23-7-4-6-22(17-23)28(29,30)31/h4-11,16-18H,3,12-15,19H2,1-2H3. The van der Waals surface area contributed by atoms with Gasteiger partial charge in [0.15, 0.2) is 0 Å². The quantitative estimate of drug-likeness (QED) is 0.389. The Morgan fingerprint density at radius 2 is 1.62 bits per heavy atom. The van der Waals surface area contributed by atoms with E-state index in [1.165, 1.54) is 6.07 Å². The minimum Gasteiger partial charge on any atom is -0.497 e. The molecule has 0 unspecified atom stereocenters. The van der Waals surface area contributed by atoms with Gasteiger partial charge in [-0.2, -0.15) is 13.2 Å². The molecule has 0 bridgehead atoms. The zero-order chi connectivity index (χ0) is 26.4. The van der Waals surface area contributed by atoms with Crippen LogP contribution in [0.3, 0.4) is 0 Å². The van der Waals surface area contributed by atoms with Gasteiger partial charge in [-0.15, -0.1) is 0 Å². The third kappa shape index (κ3) is 6.47. The van der Waals surface area contributed by atoms with Crippen LogP contribution in [0, 0.1) is 0 Å². The molecular formula is C28H29F3N2O4. The summed E-state index contributed by atoms with van der Waals surface area (Å²) in [5.74, 6) is 1.80. The average molecular weight is 515 g/mol. The number of amides is 1. The first-order valence-electron chi connectivity index (χ1n) is 12.0. The van der Waals surface area contributed by atoms with E-state index in [4.69, 9.17) is 14.2 Å². The van der Waals surface area contributed by atoms with Gasteiger partial charge in [0.25, 0.3) is 5.91 Å². The van der Waals surface area contributed by atoms with Crippen molar-refractivity contribution in [3.05, 3.63) is 83.4 Å². The molecule has 3 aromatic carbocycles. The average Bonchev–Trinajstić information content (AvgIpc) is 2.92. The molecule has 0 spiro atoms. The number of methoxy groups -OCH3 is 1. The van der Waals surface area contributed by atoms with Crippen molar-refractivity contribution in [1.29, 1.82) is 0 Å². The lowest BCUT2D eigenvalue weighted by Gasteiger charge is -2.36. The van der Waals surface area contributed by atoms with Crippen LogP contribution in [0.5, 0.6) is 17.2 Å². The molecule has 0 aromatic heterocycles. The molecule has 1 fully saturated rings. The van der Waals surface area contributed by atoms with Crippen LogP contribution in [0.1, 0.15) is 28.4 Å². The topological polar surface area (TPSA) is 51.2 Å². The van der Waals surface area contributed by atoms with E-state index in [0.717, 1.165) is 17.7 Å². The lowest BCUT2D eigenvalue weighted by Crippen LogP contribution is -2.48. The van der Waals surface area contributed by atoms with Gasteiger partial charge in [-0.05, 0) is 55.5 Å². The number of hydrogen-bond donors (Lipinski definition) is 0. The van der Waals surface area contributed by atoms with Crippen molar-refractivity contribution in [1.82, 2.24) is 4.90 Å². The number of carbonyl (C=O) groups is 1. The van der Waals surface area contributed by atoms with Crippen LogP contribution < -0.4 is 19.1 Å². The number of piperazine rings is 1. The summed E-state index contributed by atoms with van der Waals surface area (Å²) in [4.78, 5) is 16.8. The van der Waals surface area contributed by atoms with Crippen LogP contribution in [0.25, 0.3) is 0 Å². The van der Waals surface area contributed by atoms with Crippen molar-refractivity contribution in [2.24, 2.45) is 0 Å². The lowest BCUT2D eigenvalue weighted by molar-refractivity contribution is -0.137. The summed E-state index contributed by atoms with van der Waals surface area (Å²) < 4.78 is 56.2. The summed E-state index contributed by atoms with van der Waals surface area (Å²) in [5.41, 5.74) is 1.06. The van der Waals surface area contributed by atoms with Crippen LogP contribution in [-0.4, -0.2) is 50.7 Å². The highest BCUT2D eigenvalue weighted by Gasteiger charge is 2.31. The molecule has 0 saturated carbocycles. The smallest absolute Gasteiger partial charge is 0.416 e. The van der Waals surface area contributed by atoms with E-state index in [0.29, 0.717) is 61.3 Å². The summed E-state index contributed by atoms with van der Waals surface area (Å²) in [5, 5.41) is 0. The molecule has 0 radical (unpaired) electrons. The van der Waals surface area contributed by atoms with Crippen LogP contribution in [0.4, 0.5) is 18.9 Å². The van der Waals surface area contributed by atoms with E-state index >= 15 is 0 Å². The predicted molar refractivity (Wildman–Crippen MR) is 134 cm³/mol. The zero-order valence-electron chi connectivity index (χ0n) is 20.8.